The van der Waals surface area contributed by atoms with Crippen molar-refractivity contribution in [3.8, 4) is 0 Å². The molecule has 0 radical (unpaired) electrons. The van der Waals surface area contributed by atoms with Gasteiger partial charge >= 0.3 is 0 Å². The van der Waals surface area contributed by atoms with E-state index in [1.807, 2.05) is 0 Å². The molecule has 1 aliphatic heterocycles. The smallest absolute Gasteiger partial charge is 0.0192 e. The van der Waals surface area contributed by atoms with Crippen LogP contribution < -0.4 is 5.32 Å². The van der Waals surface area contributed by atoms with Gasteiger partial charge in [-0.25, -0.2) is 0 Å². The Labute approximate surface area is 108 Å². The summed E-state index contributed by atoms with van der Waals surface area (Å²) in [5.41, 5.74) is 0. The molecular weight excluding hydrogens is 210 g/mol. The van der Waals surface area contributed by atoms with Crippen LogP contribution >= 0.6 is 0 Å². The van der Waals surface area contributed by atoms with Crippen LogP contribution in [0.4, 0.5) is 0 Å². The molecule has 0 aromatic carbocycles. The van der Waals surface area contributed by atoms with Gasteiger partial charge in [-0.1, -0.05) is 13.3 Å². The summed E-state index contributed by atoms with van der Waals surface area (Å²) in [7, 11) is 2.24. The summed E-state index contributed by atoms with van der Waals surface area (Å²) >= 11 is 0. The van der Waals surface area contributed by atoms with E-state index >= 15 is 0 Å². The Morgan fingerprint density at radius 2 is 1.94 bits per heavy atom. The lowest BCUT2D eigenvalue weighted by Gasteiger charge is -2.37. The zero-order valence-corrected chi connectivity index (χ0v) is 12.0. The summed E-state index contributed by atoms with van der Waals surface area (Å²) in [6, 6.07) is 0.731. The van der Waals surface area contributed by atoms with E-state index in [-0.39, 0.29) is 0 Å². The second-order valence-electron chi connectivity index (χ2n) is 5.44. The standard InChI is InChI=1S/C14H31N3/c1-4-8-15-9-6-5-7-10-17-12-11-16(3)14(2)13-17/h14-15H,4-13H2,1-3H3. The molecule has 0 spiro atoms. The van der Waals surface area contributed by atoms with E-state index in [4.69, 9.17) is 0 Å². The predicted octanol–water partition coefficient (Wildman–Crippen LogP) is 1.79. The van der Waals surface area contributed by atoms with Gasteiger partial charge in [0.1, 0.15) is 0 Å². The van der Waals surface area contributed by atoms with Crippen molar-refractivity contribution in [1.29, 1.82) is 0 Å². The molecule has 0 saturated carbocycles. The maximum Gasteiger partial charge on any atom is 0.0192 e. The van der Waals surface area contributed by atoms with Gasteiger partial charge in [0.25, 0.3) is 0 Å². The van der Waals surface area contributed by atoms with Gasteiger partial charge in [0.2, 0.25) is 0 Å². The van der Waals surface area contributed by atoms with E-state index < -0.39 is 0 Å². The maximum absolute atomic E-state index is 3.47. The third kappa shape index (κ3) is 6.39. The molecule has 1 fully saturated rings. The van der Waals surface area contributed by atoms with Gasteiger partial charge in [-0.15, -0.1) is 0 Å². The second-order valence-corrected chi connectivity index (χ2v) is 5.44. The van der Waals surface area contributed by atoms with Crippen molar-refractivity contribution >= 4 is 0 Å². The fourth-order valence-electron chi connectivity index (χ4n) is 2.39. The minimum atomic E-state index is 0.731. The summed E-state index contributed by atoms with van der Waals surface area (Å²) in [5, 5.41) is 3.47. The van der Waals surface area contributed by atoms with Crippen LogP contribution in [0.15, 0.2) is 0 Å². The Morgan fingerprint density at radius 1 is 1.12 bits per heavy atom. The highest BCUT2D eigenvalue weighted by molar-refractivity contribution is 4.76. The fourth-order valence-corrected chi connectivity index (χ4v) is 2.39. The minimum absolute atomic E-state index is 0.731. The first-order valence-corrected chi connectivity index (χ1v) is 7.37. The number of unbranched alkanes of at least 4 members (excludes halogenated alkanes) is 2. The molecule has 1 unspecified atom stereocenters. The Morgan fingerprint density at radius 3 is 2.65 bits per heavy atom. The van der Waals surface area contributed by atoms with Crippen molar-refractivity contribution in [2.45, 2.75) is 45.6 Å². The molecule has 0 amide bonds. The molecule has 102 valence electrons. The van der Waals surface area contributed by atoms with Crippen LogP contribution in [0.25, 0.3) is 0 Å². The lowest BCUT2D eigenvalue weighted by atomic mass is 10.1. The number of likely N-dealkylation sites (N-methyl/N-ethyl adjacent to an activating group) is 1. The highest BCUT2D eigenvalue weighted by Crippen LogP contribution is 2.08. The van der Waals surface area contributed by atoms with Crippen molar-refractivity contribution in [3.63, 3.8) is 0 Å². The normalized spacial score (nSPS) is 23.1. The lowest BCUT2D eigenvalue weighted by Crippen LogP contribution is -2.50. The van der Waals surface area contributed by atoms with Gasteiger partial charge in [-0.3, -0.25) is 0 Å². The third-order valence-electron chi connectivity index (χ3n) is 3.80. The monoisotopic (exact) mass is 241 g/mol. The van der Waals surface area contributed by atoms with E-state index in [1.165, 1.54) is 65.0 Å². The quantitative estimate of drug-likeness (QED) is 0.654. The molecule has 1 rings (SSSR count). The van der Waals surface area contributed by atoms with E-state index in [9.17, 15) is 0 Å². The lowest BCUT2D eigenvalue weighted by molar-refractivity contribution is 0.104. The molecule has 0 aliphatic carbocycles. The molecule has 17 heavy (non-hydrogen) atoms. The summed E-state index contributed by atoms with van der Waals surface area (Å²) < 4.78 is 0. The van der Waals surface area contributed by atoms with Gasteiger partial charge in [-0.2, -0.15) is 0 Å². The molecule has 1 heterocycles. The Bertz CT molecular complexity index is 184. The third-order valence-corrected chi connectivity index (χ3v) is 3.80. The number of rotatable bonds is 8. The molecule has 3 nitrogen and oxygen atoms in total. The fraction of sp³-hybridized carbons (Fsp3) is 1.00. The summed E-state index contributed by atoms with van der Waals surface area (Å²) in [4.78, 5) is 5.09. The first-order chi connectivity index (χ1) is 8.24. The topological polar surface area (TPSA) is 18.5 Å². The minimum Gasteiger partial charge on any atom is -0.317 e. The zero-order valence-electron chi connectivity index (χ0n) is 12.0. The molecule has 0 bridgehead atoms. The Kier molecular flexibility index (Phi) is 7.82. The average Bonchev–Trinajstić information content (AvgIpc) is 2.32. The molecule has 0 aromatic heterocycles. The van der Waals surface area contributed by atoms with Crippen LogP contribution in [0.1, 0.15) is 39.5 Å². The molecule has 1 N–H and O–H groups in total. The van der Waals surface area contributed by atoms with Gasteiger partial charge in [0.15, 0.2) is 0 Å². The summed E-state index contributed by atoms with van der Waals surface area (Å²) in [6.45, 7) is 12.0. The number of piperazine rings is 1. The van der Waals surface area contributed by atoms with Crippen LogP contribution in [0, 0.1) is 0 Å². The number of hydrogen-bond acceptors (Lipinski definition) is 3. The molecule has 1 saturated heterocycles. The number of hydrogen-bond donors (Lipinski definition) is 1. The van der Waals surface area contributed by atoms with Crippen LogP contribution in [0.3, 0.4) is 0 Å². The molecular formula is C14H31N3. The van der Waals surface area contributed by atoms with Crippen molar-refractivity contribution < 1.29 is 0 Å². The predicted molar refractivity (Wildman–Crippen MR) is 75.5 cm³/mol. The number of nitrogens with one attached hydrogen (secondary N) is 1. The summed E-state index contributed by atoms with van der Waals surface area (Å²) in [6.07, 6.45) is 5.32. The zero-order chi connectivity index (χ0) is 12.5. The Balaban J connectivity index is 1.92. The van der Waals surface area contributed by atoms with Crippen LogP contribution in [-0.2, 0) is 0 Å². The van der Waals surface area contributed by atoms with Gasteiger partial charge in [0.05, 0.1) is 0 Å². The largest absolute Gasteiger partial charge is 0.317 e. The number of nitrogens with zero attached hydrogens (tertiary/aromatic N) is 2. The van der Waals surface area contributed by atoms with E-state index in [0.717, 1.165) is 6.04 Å². The van der Waals surface area contributed by atoms with Crippen molar-refractivity contribution in [2.24, 2.45) is 0 Å². The van der Waals surface area contributed by atoms with Crippen LogP contribution in [-0.4, -0.2) is 62.2 Å². The van der Waals surface area contributed by atoms with Gasteiger partial charge < -0.3 is 15.1 Å². The Hall–Kier alpha value is -0.120. The maximum atomic E-state index is 3.47. The van der Waals surface area contributed by atoms with Crippen molar-refractivity contribution in [1.82, 2.24) is 15.1 Å². The highest BCUT2D eigenvalue weighted by Gasteiger charge is 2.19. The highest BCUT2D eigenvalue weighted by atomic mass is 15.3. The van der Waals surface area contributed by atoms with Crippen LogP contribution in [0.2, 0.25) is 0 Å². The van der Waals surface area contributed by atoms with Gasteiger partial charge in [-0.05, 0) is 52.9 Å². The van der Waals surface area contributed by atoms with Crippen molar-refractivity contribution in [2.75, 3.05) is 46.3 Å². The van der Waals surface area contributed by atoms with Crippen LogP contribution in [0.5, 0.6) is 0 Å². The first-order valence-electron chi connectivity index (χ1n) is 7.37. The van der Waals surface area contributed by atoms with E-state index in [1.54, 1.807) is 0 Å². The molecule has 1 atom stereocenters. The van der Waals surface area contributed by atoms with E-state index in [0.29, 0.717) is 0 Å². The van der Waals surface area contributed by atoms with Gasteiger partial charge in [0, 0.05) is 25.7 Å². The molecule has 3 heteroatoms. The molecule has 0 aromatic rings. The van der Waals surface area contributed by atoms with Crippen molar-refractivity contribution in [3.05, 3.63) is 0 Å². The SMILES string of the molecule is CCCNCCCCCN1CCN(C)C(C)C1. The molecule has 1 aliphatic rings. The summed E-state index contributed by atoms with van der Waals surface area (Å²) in [5.74, 6) is 0. The average molecular weight is 241 g/mol. The first kappa shape index (κ1) is 14.9. The van der Waals surface area contributed by atoms with E-state index in [2.05, 4.69) is 36.0 Å². The second kappa shape index (κ2) is 8.90.